The summed E-state index contributed by atoms with van der Waals surface area (Å²) in [5, 5.41) is 12.0. The molecule has 1 aromatic carbocycles. The van der Waals surface area contributed by atoms with Crippen LogP contribution in [-0.2, 0) is 11.2 Å². The van der Waals surface area contributed by atoms with Gasteiger partial charge in [0.1, 0.15) is 17.2 Å². The lowest BCUT2D eigenvalue weighted by molar-refractivity contribution is -0.123. The van der Waals surface area contributed by atoms with Crippen LogP contribution in [0, 0.1) is 6.92 Å². The average Bonchev–Trinajstić information content (AvgIpc) is 3.10. The number of pyridine rings is 1. The number of amides is 1. The lowest BCUT2D eigenvalue weighted by Gasteiger charge is -2.10. The fourth-order valence-corrected chi connectivity index (χ4v) is 3.22. The second kappa shape index (κ2) is 7.92. The number of nitrogens with one attached hydrogen (secondary N) is 1. The van der Waals surface area contributed by atoms with Crippen LogP contribution in [0.15, 0.2) is 51.8 Å². The molecule has 1 amide bonds. The largest absolute Gasteiger partial charge is 0.482 e. The molecule has 0 bridgehead atoms. The van der Waals surface area contributed by atoms with Gasteiger partial charge >= 0.3 is 5.63 Å². The van der Waals surface area contributed by atoms with Gasteiger partial charge in [-0.05, 0) is 30.7 Å². The summed E-state index contributed by atoms with van der Waals surface area (Å²) < 4.78 is 12.5. The van der Waals surface area contributed by atoms with E-state index in [0.717, 1.165) is 17.0 Å². The Balaban J connectivity index is 1.36. The molecule has 0 saturated heterocycles. The van der Waals surface area contributed by atoms with Gasteiger partial charge in [-0.2, -0.15) is 0 Å². The van der Waals surface area contributed by atoms with E-state index in [4.69, 9.17) is 20.8 Å². The maximum atomic E-state index is 12.1. The number of benzene rings is 1. The van der Waals surface area contributed by atoms with E-state index in [2.05, 4.69) is 15.5 Å². The number of ether oxygens (including phenoxy) is 1. The predicted octanol–water partition coefficient (Wildman–Crippen LogP) is 2.54. The van der Waals surface area contributed by atoms with Gasteiger partial charge in [0.15, 0.2) is 12.3 Å². The van der Waals surface area contributed by atoms with Gasteiger partial charge in [0, 0.05) is 36.7 Å². The van der Waals surface area contributed by atoms with E-state index in [1.165, 1.54) is 12.1 Å². The Morgan fingerprint density at radius 1 is 1.28 bits per heavy atom. The summed E-state index contributed by atoms with van der Waals surface area (Å²) in [6, 6.07) is 10.2. The summed E-state index contributed by atoms with van der Waals surface area (Å²) in [6.07, 6.45) is 2.40. The number of hydrogen-bond donors (Lipinski definition) is 1. The molecule has 8 nitrogen and oxygen atoms in total. The van der Waals surface area contributed by atoms with E-state index in [9.17, 15) is 9.59 Å². The Bertz CT molecular complexity index is 1260. The number of carbonyl (C=O) groups excluding carboxylic acids is 1. The molecule has 0 fully saturated rings. The molecular weight excluding hydrogens is 396 g/mol. The van der Waals surface area contributed by atoms with E-state index in [1.807, 2.05) is 28.8 Å². The van der Waals surface area contributed by atoms with Gasteiger partial charge < -0.3 is 14.5 Å². The normalized spacial score (nSPS) is 11.1. The lowest BCUT2D eigenvalue weighted by Crippen LogP contribution is -2.30. The Kier molecular flexibility index (Phi) is 5.18. The zero-order chi connectivity index (χ0) is 20.4. The van der Waals surface area contributed by atoms with Crippen LogP contribution in [-0.4, -0.2) is 33.7 Å². The summed E-state index contributed by atoms with van der Waals surface area (Å²) in [7, 11) is 0. The van der Waals surface area contributed by atoms with Gasteiger partial charge in [-0.15, -0.1) is 10.2 Å². The Morgan fingerprint density at radius 2 is 2.14 bits per heavy atom. The van der Waals surface area contributed by atoms with Crippen LogP contribution in [0.3, 0.4) is 0 Å². The molecule has 0 aliphatic heterocycles. The van der Waals surface area contributed by atoms with Gasteiger partial charge in [0.05, 0.1) is 5.02 Å². The fraction of sp³-hybridized carbons (Fsp3) is 0.200. The third-order valence-corrected chi connectivity index (χ3v) is 4.71. The zero-order valence-electron chi connectivity index (χ0n) is 15.5. The highest BCUT2D eigenvalue weighted by Crippen LogP contribution is 2.30. The zero-order valence-corrected chi connectivity index (χ0v) is 16.3. The molecule has 3 aromatic heterocycles. The highest BCUT2D eigenvalue weighted by atomic mass is 35.5. The first-order chi connectivity index (χ1) is 14.0. The minimum absolute atomic E-state index is 0.220. The molecule has 0 unspecified atom stereocenters. The number of rotatable bonds is 6. The van der Waals surface area contributed by atoms with Crippen LogP contribution < -0.4 is 15.7 Å². The van der Waals surface area contributed by atoms with Crippen LogP contribution in [0.5, 0.6) is 5.75 Å². The van der Waals surface area contributed by atoms with Crippen molar-refractivity contribution in [2.45, 2.75) is 13.3 Å². The number of aromatic nitrogens is 3. The molecule has 0 spiro atoms. The number of nitrogens with zero attached hydrogens (tertiary/aromatic N) is 3. The van der Waals surface area contributed by atoms with Gasteiger partial charge in [-0.1, -0.05) is 17.7 Å². The van der Waals surface area contributed by atoms with Crippen LogP contribution in [0.2, 0.25) is 5.02 Å². The van der Waals surface area contributed by atoms with Crippen molar-refractivity contribution in [2.24, 2.45) is 0 Å². The first-order valence-electron chi connectivity index (χ1n) is 8.93. The standard InChI is InChI=1S/C20H17ClN4O4/c1-12-8-20(27)29-15-10-16(14(21)9-13(12)15)28-11-19(26)22-6-5-18-24-23-17-4-2-3-7-25(17)18/h2-4,7-10H,5-6,11H2,1H3,(H,22,26). The van der Waals surface area contributed by atoms with Crippen LogP contribution in [0.25, 0.3) is 16.6 Å². The first kappa shape index (κ1) is 18.9. The van der Waals surface area contributed by atoms with Crippen molar-refractivity contribution >= 4 is 34.1 Å². The van der Waals surface area contributed by atoms with Crippen molar-refractivity contribution in [1.82, 2.24) is 19.9 Å². The molecule has 0 aliphatic rings. The average molecular weight is 413 g/mol. The first-order valence-corrected chi connectivity index (χ1v) is 9.31. The van der Waals surface area contributed by atoms with Gasteiger partial charge in [-0.25, -0.2) is 4.79 Å². The summed E-state index contributed by atoms with van der Waals surface area (Å²) in [5.74, 6) is 0.719. The van der Waals surface area contributed by atoms with E-state index >= 15 is 0 Å². The molecule has 3 heterocycles. The van der Waals surface area contributed by atoms with Crippen LogP contribution in [0.1, 0.15) is 11.4 Å². The molecule has 0 atom stereocenters. The third-order valence-electron chi connectivity index (χ3n) is 4.42. The molecule has 0 saturated carbocycles. The Hall–Kier alpha value is -3.39. The minimum Gasteiger partial charge on any atom is -0.482 e. The Morgan fingerprint density at radius 3 is 3.00 bits per heavy atom. The molecule has 0 radical (unpaired) electrons. The number of fused-ring (bicyclic) bond motifs is 2. The van der Waals surface area contributed by atoms with Gasteiger partial charge in [0.25, 0.3) is 5.91 Å². The van der Waals surface area contributed by atoms with Crippen molar-refractivity contribution in [3.63, 3.8) is 0 Å². The molecule has 9 heteroatoms. The molecule has 29 heavy (non-hydrogen) atoms. The minimum atomic E-state index is -0.456. The van der Waals surface area contributed by atoms with Crippen molar-refractivity contribution in [2.75, 3.05) is 13.2 Å². The number of carbonyl (C=O) groups is 1. The molecule has 1 N–H and O–H groups in total. The number of halogens is 1. The fourth-order valence-electron chi connectivity index (χ4n) is 3.00. The van der Waals surface area contributed by atoms with Crippen molar-refractivity contribution in [3.05, 3.63) is 69.4 Å². The highest BCUT2D eigenvalue weighted by Gasteiger charge is 2.11. The second-order valence-electron chi connectivity index (χ2n) is 6.46. The molecule has 4 aromatic rings. The number of hydrogen-bond acceptors (Lipinski definition) is 6. The summed E-state index contributed by atoms with van der Waals surface area (Å²) in [4.78, 5) is 23.6. The van der Waals surface area contributed by atoms with Crippen molar-refractivity contribution in [1.29, 1.82) is 0 Å². The molecular formula is C20H17ClN4O4. The predicted molar refractivity (Wildman–Crippen MR) is 107 cm³/mol. The van der Waals surface area contributed by atoms with E-state index in [1.54, 1.807) is 13.0 Å². The van der Waals surface area contributed by atoms with Crippen molar-refractivity contribution in [3.8, 4) is 5.75 Å². The monoisotopic (exact) mass is 412 g/mol. The molecule has 4 rings (SSSR count). The maximum Gasteiger partial charge on any atom is 0.336 e. The van der Waals surface area contributed by atoms with E-state index < -0.39 is 5.63 Å². The summed E-state index contributed by atoms with van der Waals surface area (Å²) in [5.41, 5.74) is 1.41. The summed E-state index contributed by atoms with van der Waals surface area (Å²) in [6.45, 7) is 1.96. The van der Waals surface area contributed by atoms with E-state index in [0.29, 0.717) is 29.0 Å². The third kappa shape index (κ3) is 4.07. The van der Waals surface area contributed by atoms with Crippen LogP contribution in [0.4, 0.5) is 0 Å². The molecule has 0 aliphatic carbocycles. The van der Waals surface area contributed by atoms with Gasteiger partial charge in [-0.3, -0.25) is 9.20 Å². The molecule has 148 valence electrons. The van der Waals surface area contributed by atoms with Crippen LogP contribution >= 0.6 is 11.6 Å². The van der Waals surface area contributed by atoms with Crippen molar-refractivity contribution < 1.29 is 13.9 Å². The lowest BCUT2D eigenvalue weighted by atomic mass is 10.1. The number of aryl methyl sites for hydroxylation is 1. The highest BCUT2D eigenvalue weighted by molar-refractivity contribution is 6.32. The van der Waals surface area contributed by atoms with E-state index in [-0.39, 0.29) is 18.3 Å². The van der Waals surface area contributed by atoms with Gasteiger partial charge in [0.2, 0.25) is 0 Å². The maximum absolute atomic E-state index is 12.1. The topological polar surface area (TPSA) is 98.7 Å². The SMILES string of the molecule is Cc1cc(=O)oc2cc(OCC(=O)NCCc3nnc4ccccn34)c(Cl)cc12. The Labute approximate surface area is 170 Å². The smallest absolute Gasteiger partial charge is 0.336 e. The quantitative estimate of drug-likeness (QED) is 0.488. The second-order valence-corrected chi connectivity index (χ2v) is 6.87. The summed E-state index contributed by atoms with van der Waals surface area (Å²) >= 11 is 6.23.